The van der Waals surface area contributed by atoms with Crippen LogP contribution in [0.3, 0.4) is 0 Å². The Morgan fingerprint density at radius 1 is 1.67 bits per heavy atom. The molecule has 0 bridgehead atoms. The molecular weight excluding hydrogens is 158 g/mol. The number of amides is 1. The van der Waals surface area contributed by atoms with Crippen molar-refractivity contribution in [3.05, 3.63) is 0 Å². The number of hydrogen-bond donors (Lipinski definition) is 1. The van der Waals surface area contributed by atoms with Gasteiger partial charge in [0.25, 0.3) is 0 Å². The Labute approximate surface area is 72.2 Å². The Kier molecular flexibility index (Phi) is 3.87. The van der Waals surface area contributed by atoms with E-state index in [-0.39, 0.29) is 12.2 Å². The number of rotatable bonds is 2. The summed E-state index contributed by atoms with van der Waals surface area (Å²) in [5.41, 5.74) is 0. The molecule has 70 valence electrons. The minimum atomic E-state index is -0.385. The maximum atomic E-state index is 10.7. The van der Waals surface area contributed by atoms with Crippen molar-refractivity contribution in [2.75, 3.05) is 20.3 Å². The molecule has 1 aliphatic heterocycles. The van der Waals surface area contributed by atoms with Gasteiger partial charge >= 0.3 is 6.09 Å². The zero-order valence-corrected chi connectivity index (χ0v) is 7.34. The lowest BCUT2D eigenvalue weighted by Crippen LogP contribution is -2.35. The van der Waals surface area contributed by atoms with E-state index in [1.165, 1.54) is 13.5 Å². The van der Waals surface area contributed by atoms with E-state index in [4.69, 9.17) is 4.74 Å². The lowest BCUT2D eigenvalue weighted by molar-refractivity contribution is 0.0169. The van der Waals surface area contributed by atoms with Gasteiger partial charge < -0.3 is 14.8 Å². The fourth-order valence-corrected chi connectivity index (χ4v) is 1.24. The number of carbonyl (C=O) groups is 1. The van der Waals surface area contributed by atoms with E-state index in [9.17, 15) is 4.79 Å². The van der Waals surface area contributed by atoms with Crippen LogP contribution in [0.5, 0.6) is 0 Å². The molecule has 1 heterocycles. The molecule has 1 aliphatic rings. The fourth-order valence-electron chi connectivity index (χ4n) is 1.24. The summed E-state index contributed by atoms with van der Waals surface area (Å²) in [6.07, 6.45) is 3.15. The molecule has 0 aromatic carbocycles. The maximum Gasteiger partial charge on any atom is 0.406 e. The first-order valence-corrected chi connectivity index (χ1v) is 4.26. The van der Waals surface area contributed by atoms with Gasteiger partial charge in [-0.2, -0.15) is 0 Å². The maximum absolute atomic E-state index is 10.7. The zero-order valence-electron chi connectivity index (χ0n) is 7.34. The molecule has 1 atom stereocenters. The van der Waals surface area contributed by atoms with E-state index in [0.717, 1.165) is 19.4 Å². The summed E-state index contributed by atoms with van der Waals surface area (Å²) in [6, 6.07) is 0. The van der Waals surface area contributed by atoms with Crippen molar-refractivity contribution in [1.29, 1.82) is 0 Å². The first-order valence-electron chi connectivity index (χ1n) is 4.26. The van der Waals surface area contributed by atoms with Gasteiger partial charge in [0.05, 0.1) is 13.2 Å². The molecule has 1 saturated heterocycles. The first-order chi connectivity index (χ1) is 5.83. The summed E-state index contributed by atoms with van der Waals surface area (Å²) in [5, 5.41) is 2.62. The van der Waals surface area contributed by atoms with E-state index in [1.54, 1.807) is 0 Å². The molecule has 1 amide bonds. The summed E-state index contributed by atoms with van der Waals surface area (Å²) in [4.78, 5) is 10.7. The lowest BCUT2D eigenvalue weighted by Gasteiger charge is -2.22. The highest BCUT2D eigenvalue weighted by Gasteiger charge is 2.14. The van der Waals surface area contributed by atoms with E-state index in [1.807, 2.05) is 0 Å². The molecule has 0 aromatic heterocycles. The van der Waals surface area contributed by atoms with Crippen LogP contribution in [0.25, 0.3) is 0 Å². The van der Waals surface area contributed by atoms with Crippen LogP contribution in [0, 0.1) is 0 Å². The van der Waals surface area contributed by atoms with Crippen LogP contribution in [-0.4, -0.2) is 32.5 Å². The van der Waals surface area contributed by atoms with Crippen molar-refractivity contribution in [2.45, 2.75) is 25.4 Å². The lowest BCUT2D eigenvalue weighted by atomic mass is 10.1. The zero-order chi connectivity index (χ0) is 8.81. The number of nitrogens with one attached hydrogen (secondary N) is 1. The third-order valence-electron chi connectivity index (χ3n) is 1.93. The molecule has 12 heavy (non-hydrogen) atoms. The predicted molar refractivity (Wildman–Crippen MR) is 44.0 cm³/mol. The van der Waals surface area contributed by atoms with Crippen LogP contribution in [0.2, 0.25) is 0 Å². The number of alkyl carbamates (subject to hydrolysis) is 1. The molecule has 4 heteroatoms. The SMILES string of the molecule is COC(=O)NCC1CCCCO1. The van der Waals surface area contributed by atoms with E-state index >= 15 is 0 Å². The largest absolute Gasteiger partial charge is 0.453 e. The smallest absolute Gasteiger partial charge is 0.406 e. The van der Waals surface area contributed by atoms with Crippen molar-refractivity contribution in [2.24, 2.45) is 0 Å². The van der Waals surface area contributed by atoms with Crippen molar-refractivity contribution in [3.63, 3.8) is 0 Å². The van der Waals surface area contributed by atoms with Crippen LogP contribution < -0.4 is 5.32 Å². The molecule has 0 saturated carbocycles. The molecule has 0 spiro atoms. The third kappa shape index (κ3) is 3.09. The predicted octanol–water partition coefficient (Wildman–Crippen LogP) is 0.911. The van der Waals surface area contributed by atoms with E-state index in [0.29, 0.717) is 6.54 Å². The Morgan fingerprint density at radius 2 is 2.50 bits per heavy atom. The standard InChI is InChI=1S/C8H15NO3/c1-11-8(10)9-6-7-4-2-3-5-12-7/h7H,2-6H2,1H3,(H,9,10). The average molecular weight is 173 g/mol. The van der Waals surface area contributed by atoms with Crippen molar-refractivity contribution in [3.8, 4) is 0 Å². The average Bonchev–Trinajstić information content (AvgIpc) is 2.16. The molecular formula is C8H15NO3. The van der Waals surface area contributed by atoms with Gasteiger partial charge in [0.2, 0.25) is 0 Å². The number of ether oxygens (including phenoxy) is 2. The summed E-state index contributed by atoms with van der Waals surface area (Å²) in [6.45, 7) is 1.38. The second-order valence-corrected chi connectivity index (χ2v) is 2.86. The Hall–Kier alpha value is -0.770. The molecule has 1 N–H and O–H groups in total. The monoisotopic (exact) mass is 173 g/mol. The quantitative estimate of drug-likeness (QED) is 0.675. The number of hydrogen-bond acceptors (Lipinski definition) is 3. The van der Waals surface area contributed by atoms with Crippen molar-refractivity contribution in [1.82, 2.24) is 5.32 Å². The van der Waals surface area contributed by atoms with E-state index < -0.39 is 0 Å². The van der Waals surface area contributed by atoms with Gasteiger partial charge in [-0.25, -0.2) is 4.79 Å². The second kappa shape index (κ2) is 4.98. The van der Waals surface area contributed by atoms with Gasteiger partial charge in [0.15, 0.2) is 0 Å². The summed E-state index contributed by atoms with van der Waals surface area (Å²) in [5.74, 6) is 0. The fraction of sp³-hybridized carbons (Fsp3) is 0.875. The normalized spacial score (nSPS) is 23.2. The molecule has 0 aliphatic carbocycles. The van der Waals surface area contributed by atoms with E-state index in [2.05, 4.69) is 10.1 Å². The van der Waals surface area contributed by atoms with Crippen molar-refractivity contribution >= 4 is 6.09 Å². The van der Waals surface area contributed by atoms with Crippen LogP contribution in [0.15, 0.2) is 0 Å². The Balaban J connectivity index is 2.09. The second-order valence-electron chi connectivity index (χ2n) is 2.86. The van der Waals surface area contributed by atoms with Gasteiger partial charge in [0.1, 0.15) is 0 Å². The molecule has 0 radical (unpaired) electrons. The molecule has 0 aromatic rings. The highest BCUT2D eigenvalue weighted by atomic mass is 16.5. The minimum Gasteiger partial charge on any atom is -0.453 e. The Bertz CT molecular complexity index is 143. The van der Waals surface area contributed by atoms with Gasteiger partial charge in [-0.15, -0.1) is 0 Å². The topological polar surface area (TPSA) is 47.6 Å². The molecule has 1 fully saturated rings. The van der Waals surface area contributed by atoms with Crippen LogP contribution in [0.4, 0.5) is 4.79 Å². The Morgan fingerprint density at radius 3 is 3.08 bits per heavy atom. The number of carbonyl (C=O) groups excluding carboxylic acids is 1. The van der Waals surface area contributed by atoms with Crippen LogP contribution >= 0.6 is 0 Å². The van der Waals surface area contributed by atoms with Gasteiger partial charge in [-0.1, -0.05) is 0 Å². The summed E-state index contributed by atoms with van der Waals surface area (Å²) in [7, 11) is 1.36. The third-order valence-corrected chi connectivity index (χ3v) is 1.93. The summed E-state index contributed by atoms with van der Waals surface area (Å²) < 4.78 is 9.84. The summed E-state index contributed by atoms with van der Waals surface area (Å²) >= 11 is 0. The number of methoxy groups -OCH3 is 1. The molecule has 1 unspecified atom stereocenters. The molecule has 1 rings (SSSR count). The van der Waals surface area contributed by atoms with Gasteiger partial charge in [0, 0.05) is 13.2 Å². The van der Waals surface area contributed by atoms with Crippen molar-refractivity contribution < 1.29 is 14.3 Å². The van der Waals surface area contributed by atoms with Crippen LogP contribution in [0.1, 0.15) is 19.3 Å². The first kappa shape index (κ1) is 9.32. The van der Waals surface area contributed by atoms with Crippen LogP contribution in [-0.2, 0) is 9.47 Å². The molecule has 4 nitrogen and oxygen atoms in total. The van der Waals surface area contributed by atoms with Gasteiger partial charge in [-0.3, -0.25) is 0 Å². The highest BCUT2D eigenvalue weighted by Crippen LogP contribution is 2.11. The highest BCUT2D eigenvalue weighted by molar-refractivity contribution is 5.66. The minimum absolute atomic E-state index is 0.179. The van der Waals surface area contributed by atoms with Gasteiger partial charge in [-0.05, 0) is 19.3 Å².